The number of hydrogen-bond donors (Lipinski definition) is 2. The number of aliphatic imine (C=N–C) groups is 1. The van der Waals surface area contributed by atoms with E-state index < -0.39 is 0 Å². The van der Waals surface area contributed by atoms with Crippen molar-refractivity contribution >= 4 is 35.9 Å². The molecule has 0 saturated heterocycles. The zero-order chi connectivity index (χ0) is 17.6. The van der Waals surface area contributed by atoms with Crippen molar-refractivity contribution in [1.82, 2.24) is 10.6 Å². The lowest BCUT2D eigenvalue weighted by Gasteiger charge is -2.24. The van der Waals surface area contributed by atoms with Crippen LogP contribution in [0.1, 0.15) is 59.3 Å². The van der Waals surface area contributed by atoms with Crippen LogP contribution < -0.4 is 10.6 Å². The Labute approximate surface area is 164 Å². The first kappa shape index (κ1) is 25.7. The van der Waals surface area contributed by atoms with Gasteiger partial charge in [-0.05, 0) is 33.6 Å². The van der Waals surface area contributed by atoms with Crippen LogP contribution in [-0.4, -0.2) is 51.4 Å². The molecule has 0 aromatic rings. The number of methoxy groups -OCH3 is 1. The van der Waals surface area contributed by atoms with Crippen molar-refractivity contribution in [2.75, 3.05) is 33.9 Å². The van der Waals surface area contributed by atoms with Gasteiger partial charge < -0.3 is 20.1 Å². The minimum absolute atomic E-state index is 0. The van der Waals surface area contributed by atoms with Crippen LogP contribution in [0.2, 0.25) is 0 Å². The van der Waals surface area contributed by atoms with E-state index in [1.54, 1.807) is 14.2 Å². The summed E-state index contributed by atoms with van der Waals surface area (Å²) in [4.78, 5) is 15.4. The smallest absolute Gasteiger partial charge is 0.305 e. The van der Waals surface area contributed by atoms with Gasteiger partial charge in [0, 0.05) is 33.7 Å². The predicted octanol–water partition coefficient (Wildman–Crippen LogP) is 3.10. The van der Waals surface area contributed by atoms with Crippen molar-refractivity contribution < 1.29 is 14.3 Å². The number of esters is 1. The number of rotatable bonds is 12. The Morgan fingerprint density at radius 2 is 1.71 bits per heavy atom. The molecule has 0 aliphatic carbocycles. The van der Waals surface area contributed by atoms with Gasteiger partial charge in [0.1, 0.15) is 0 Å². The van der Waals surface area contributed by atoms with E-state index in [9.17, 15) is 4.79 Å². The molecule has 0 spiro atoms. The molecule has 0 heterocycles. The number of nitrogens with zero attached hydrogens (tertiary/aromatic N) is 1. The third kappa shape index (κ3) is 15.0. The van der Waals surface area contributed by atoms with Gasteiger partial charge in [-0.3, -0.25) is 9.79 Å². The summed E-state index contributed by atoms with van der Waals surface area (Å²) in [5.74, 6) is 0.723. The summed E-state index contributed by atoms with van der Waals surface area (Å²) in [6.45, 7) is 7.97. The van der Waals surface area contributed by atoms with E-state index in [-0.39, 0.29) is 35.5 Å². The molecule has 6 nitrogen and oxygen atoms in total. The maximum absolute atomic E-state index is 11.2. The van der Waals surface area contributed by atoms with Gasteiger partial charge >= 0.3 is 5.97 Å². The zero-order valence-electron chi connectivity index (χ0n) is 15.9. The molecule has 0 aromatic carbocycles. The quantitative estimate of drug-likeness (QED) is 0.155. The first-order valence-corrected chi connectivity index (χ1v) is 8.60. The Morgan fingerprint density at radius 3 is 2.29 bits per heavy atom. The van der Waals surface area contributed by atoms with Crippen molar-refractivity contribution in [2.45, 2.75) is 64.9 Å². The number of nitrogens with one attached hydrogen (secondary N) is 2. The Bertz CT molecular complexity index is 350. The Morgan fingerprint density at radius 1 is 1.08 bits per heavy atom. The Kier molecular flexibility index (Phi) is 17.0. The molecule has 144 valence electrons. The lowest BCUT2D eigenvalue weighted by Crippen LogP contribution is -2.45. The van der Waals surface area contributed by atoms with Crippen molar-refractivity contribution in [3.05, 3.63) is 0 Å². The largest absolute Gasteiger partial charge is 0.466 e. The van der Waals surface area contributed by atoms with E-state index >= 15 is 0 Å². The van der Waals surface area contributed by atoms with Gasteiger partial charge in [-0.25, -0.2) is 0 Å². The predicted molar refractivity (Wildman–Crippen MR) is 110 cm³/mol. The van der Waals surface area contributed by atoms with Crippen LogP contribution >= 0.6 is 24.0 Å². The summed E-state index contributed by atoms with van der Waals surface area (Å²) in [6.07, 6.45) is 5.92. The molecule has 0 amide bonds. The van der Waals surface area contributed by atoms with Gasteiger partial charge in [0.25, 0.3) is 0 Å². The number of guanidine groups is 1. The second-order valence-corrected chi connectivity index (χ2v) is 6.14. The molecule has 0 aliphatic heterocycles. The lowest BCUT2D eigenvalue weighted by atomic mass is 10.1. The molecular formula is C17H36IN3O3. The normalized spacial score (nSPS) is 11.6. The fraction of sp³-hybridized carbons (Fsp3) is 0.882. The number of unbranched alkanes of at least 4 members (excludes halogenated alkanes) is 4. The minimum Gasteiger partial charge on any atom is -0.466 e. The first-order chi connectivity index (χ1) is 10.9. The average Bonchev–Trinajstić information content (AvgIpc) is 2.53. The lowest BCUT2D eigenvalue weighted by molar-refractivity contribution is -0.143. The van der Waals surface area contributed by atoms with E-state index in [0.717, 1.165) is 44.6 Å². The number of hydrogen-bond acceptors (Lipinski definition) is 4. The van der Waals surface area contributed by atoms with Gasteiger partial charge in [-0.1, -0.05) is 19.3 Å². The Balaban J connectivity index is 0. The molecule has 0 saturated carbocycles. The minimum atomic E-state index is -0.212. The second-order valence-electron chi connectivity index (χ2n) is 6.14. The summed E-state index contributed by atoms with van der Waals surface area (Å²) in [5, 5.41) is 6.56. The maximum Gasteiger partial charge on any atom is 0.305 e. The zero-order valence-corrected chi connectivity index (χ0v) is 18.3. The molecule has 0 bridgehead atoms. The number of carbonyl (C=O) groups excluding carboxylic acids is 1. The highest BCUT2D eigenvalue weighted by Crippen LogP contribution is 2.06. The van der Waals surface area contributed by atoms with E-state index in [1.165, 1.54) is 0 Å². The number of ether oxygens (including phenoxy) is 2. The Hall–Kier alpha value is -0.570. The monoisotopic (exact) mass is 457 g/mol. The summed E-state index contributed by atoms with van der Waals surface area (Å²) < 4.78 is 10.3. The van der Waals surface area contributed by atoms with Crippen molar-refractivity contribution in [2.24, 2.45) is 4.99 Å². The van der Waals surface area contributed by atoms with Gasteiger partial charge in [0.15, 0.2) is 5.96 Å². The van der Waals surface area contributed by atoms with Crippen molar-refractivity contribution in [1.29, 1.82) is 0 Å². The number of halogens is 1. The van der Waals surface area contributed by atoms with Crippen LogP contribution in [0, 0.1) is 0 Å². The van der Waals surface area contributed by atoms with E-state index in [4.69, 9.17) is 9.47 Å². The maximum atomic E-state index is 11.2. The second kappa shape index (κ2) is 15.9. The highest BCUT2D eigenvalue weighted by Gasteiger charge is 2.16. The molecule has 0 radical (unpaired) electrons. The van der Waals surface area contributed by atoms with Gasteiger partial charge in [0.05, 0.1) is 12.2 Å². The first-order valence-electron chi connectivity index (χ1n) is 8.60. The highest BCUT2D eigenvalue weighted by molar-refractivity contribution is 14.0. The molecule has 0 unspecified atom stereocenters. The SMILES string of the molecule is CCOC(=O)CCCCCCCNC(=NC)NCC(C)(C)OC.I. The highest BCUT2D eigenvalue weighted by atomic mass is 127. The fourth-order valence-corrected chi connectivity index (χ4v) is 1.95. The fourth-order valence-electron chi connectivity index (χ4n) is 1.95. The van der Waals surface area contributed by atoms with E-state index in [2.05, 4.69) is 15.6 Å². The van der Waals surface area contributed by atoms with Crippen molar-refractivity contribution in [3.63, 3.8) is 0 Å². The molecular weight excluding hydrogens is 421 g/mol. The summed E-state index contributed by atoms with van der Waals surface area (Å²) in [6, 6.07) is 0. The van der Waals surface area contributed by atoms with Crippen LogP contribution in [0.3, 0.4) is 0 Å². The molecule has 0 aromatic heterocycles. The molecule has 2 N–H and O–H groups in total. The molecule has 0 rings (SSSR count). The van der Waals surface area contributed by atoms with Gasteiger partial charge in [-0.2, -0.15) is 0 Å². The van der Waals surface area contributed by atoms with Crippen LogP contribution in [0.25, 0.3) is 0 Å². The van der Waals surface area contributed by atoms with Crippen LogP contribution in [0.5, 0.6) is 0 Å². The van der Waals surface area contributed by atoms with E-state index in [0.29, 0.717) is 19.6 Å². The summed E-state index contributed by atoms with van der Waals surface area (Å²) in [5.41, 5.74) is -0.212. The van der Waals surface area contributed by atoms with Crippen molar-refractivity contribution in [3.8, 4) is 0 Å². The molecule has 0 fully saturated rings. The third-order valence-corrected chi connectivity index (χ3v) is 3.61. The molecule has 0 atom stereocenters. The summed E-state index contributed by atoms with van der Waals surface area (Å²) in [7, 11) is 3.48. The van der Waals surface area contributed by atoms with Gasteiger partial charge in [0.2, 0.25) is 0 Å². The third-order valence-electron chi connectivity index (χ3n) is 3.61. The molecule has 0 aliphatic rings. The standard InChI is InChI=1S/C17H35N3O3.HI/c1-6-23-15(21)12-10-8-7-9-11-13-19-16(18-4)20-14-17(2,3)22-5;/h6-14H2,1-5H3,(H2,18,19,20);1H. The van der Waals surface area contributed by atoms with E-state index in [1.807, 2.05) is 20.8 Å². The van der Waals surface area contributed by atoms with Crippen LogP contribution in [0.4, 0.5) is 0 Å². The topological polar surface area (TPSA) is 72.0 Å². The summed E-state index contributed by atoms with van der Waals surface area (Å²) >= 11 is 0. The van der Waals surface area contributed by atoms with Gasteiger partial charge in [-0.15, -0.1) is 24.0 Å². The van der Waals surface area contributed by atoms with Crippen LogP contribution in [0.15, 0.2) is 4.99 Å². The average molecular weight is 457 g/mol. The molecule has 7 heteroatoms. The molecule has 24 heavy (non-hydrogen) atoms. The number of carbonyl (C=O) groups is 1. The van der Waals surface area contributed by atoms with Crippen LogP contribution in [-0.2, 0) is 14.3 Å².